The van der Waals surface area contributed by atoms with Gasteiger partial charge in [0.25, 0.3) is 0 Å². The second kappa shape index (κ2) is 7.44. The highest BCUT2D eigenvalue weighted by Gasteiger charge is 2.74. The van der Waals surface area contributed by atoms with E-state index >= 15 is 0 Å². The van der Waals surface area contributed by atoms with Crippen molar-refractivity contribution in [2.75, 3.05) is 18.5 Å². The summed E-state index contributed by atoms with van der Waals surface area (Å²) in [4.78, 5) is 26.6. The van der Waals surface area contributed by atoms with Crippen LogP contribution in [0.15, 0.2) is 30.9 Å². The highest BCUT2D eigenvalue weighted by molar-refractivity contribution is 6.58. The summed E-state index contributed by atoms with van der Waals surface area (Å²) in [6, 6.07) is 1.63. The predicted octanol–water partition coefficient (Wildman–Crippen LogP) is 4.47. The van der Waals surface area contributed by atoms with E-state index in [4.69, 9.17) is 58.2 Å². The minimum Gasteiger partial charge on any atom is -0.356 e. The summed E-state index contributed by atoms with van der Waals surface area (Å²) >= 11 is 33.5. The van der Waals surface area contributed by atoms with E-state index < -0.39 is 20.8 Å². The molecule has 32 heavy (non-hydrogen) atoms. The average Bonchev–Trinajstić information content (AvgIpc) is 3.17. The lowest BCUT2D eigenvalue weighted by Crippen LogP contribution is -2.83. The third-order valence-electron chi connectivity index (χ3n) is 7.15. The van der Waals surface area contributed by atoms with Gasteiger partial charge in [-0.3, -0.25) is 9.21 Å². The van der Waals surface area contributed by atoms with Crippen LogP contribution in [0, 0.1) is 5.41 Å². The topological polar surface area (TPSA) is 68.4 Å². The quantitative estimate of drug-likeness (QED) is 0.355. The molecule has 1 saturated carbocycles. The molecule has 2 aromatic rings. The molecule has 3 unspecified atom stereocenters. The standard InChI is InChI=1S/C20H21Cl5N6O/c1-11(32)30-9-18(17(30)20(24)19(22,23)14(21)4-6-31(20)25)7-12(8-18)29(2)16-13-3-5-26-15(13)27-10-28-16/h3-6,10,12,14,17H,7-9H2,1-2H3,(H,26,27,28). The molecule has 12 heteroatoms. The van der Waals surface area contributed by atoms with Crippen molar-refractivity contribution in [1.82, 2.24) is 24.3 Å². The van der Waals surface area contributed by atoms with Crippen molar-refractivity contribution in [3.05, 3.63) is 30.9 Å². The number of rotatable bonds is 3. The largest absolute Gasteiger partial charge is 0.356 e. The molecule has 7 nitrogen and oxygen atoms in total. The summed E-state index contributed by atoms with van der Waals surface area (Å²) in [5.41, 5.74) is 0.495. The second-order valence-corrected chi connectivity index (χ2v) is 11.7. The van der Waals surface area contributed by atoms with Crippen molar-refractivity contribution in [1.29, 1.82) is 0 Å². The molecule has 2 aromatic heterocycles. The van der Waals surface area contributed by atoms with Crippen LogP contribution in [-0.4, -0.2) is 70.6 Å². The molecule has 1 N–H and O–H groups in total. The third kappa shape index (κ3) is 2.91. The molecule has 1 saturated heterocycles. The molecule has 3 atom stereocenters. The lowest BCUT2D eigenvalue weighted by Gasteiger charge is -2.71. The highest BCUT2D eigenvalue weighted by atomic mass is 35.5. The van der Waals surface area contributed by atoms with Gasteiger partial charge >= 0.3 is 0 Å². The van der Waals surface area contributed by atoms with Crippen molar-refractivity contribution < 1.29 is 4.79 Å². The number of allylic oxidation sites excluding steroid dienone is 1. The Morgan fingerprint density at radius 1 is 1.28 bits per heavy atom. The maximum absolute atomic E-state index is 12.4. The van der Waals surface area contributed by atoms with Crippen molar-refractivity contribution in [2.45, 2.75) is 46.6 Å². The van der Waals surface area contributed by atoms with Crippen LogP contribution in [0.25, 0.3) is 11.0 Å². The summed E-state index contributed by atoms with van der Waals surface area (Å²) in [5.74, 6) is 0.734. The van der Waals surface area contributed by atoms with E-state index in [9.17, 15) is 4.79 Å². The number of amides is 1. The molecular weight excluding hydrogens is 518 g/mol. The van der Waals surface area contributed by atoms with Crippen molar-refractivity contribution in [3.63, 3.8) is 0 Å². The lowest BCUT2D eigenvalue weighted by atomic mass is 9.53. The first-order valence-electron chi connectivity index (χ1n) is 10.2. The van der Waals surface area contributed by atoms with Crippen LogP contribution < -0.4 is 4.90 Å². The number of alkyl halides is 4. The molecule has 2 aliphatic heterocycles. The first-order valence-corrected chi connectivity index (χ1v) is 12.1. The highest BCUT2D eigenvalue weighted by Crippen LogP contribution is 2.65. The number of hydrogen-bond donors (Lipinski definition) is 1. The summed E-state index contributed by atoms with van der Waals surface area (Å²) in [5, 5.41) is 0.182. The summed E-state index contributed by atoms with van der Waals surface area (Å²) in [7, 11) is 2.01. The molecule has 4 heterocycles. The zero-order valence-electron chi connectivity index (χ0n) is 17.3. The van der Waals surface area contributed by atoms with Crippen LogP contribution in [0.3, 0.4) is 0 Å². The number of aromatic nitrogens is 3. The zero-order valence-corrected chi connectivity index (χ0v) is 21.1. The average molecular weight is 539 g/mol. The summed E-state index contributed by atoms with van der Waals surface area (Å²) < 4.78 is -0.362. The van der Waals surface area contributed by atoms with Gasteiger partial charge in [-0.15, -0.1) is 11.6 Å². The summed E-state index contributed by atoms with van der Waals surface area (Å²) in [6.45, 7) is 2.06. The van der Waals surface area contributed by atoms with Gasteiger partial charge < -0.3 is 14.8 Å². The van der Waals surface area contributed by atoms with Crippen molar-refractivity contribution >= 4 is 80.9 Å². The van der Waals surface area contributed by atoms with E-state index in [-0.39, 0.29) is 17.4 Å². The van der Waals surface area contributed by atoms with Crippen molar-refractivity contribution in [3.8, 4) is 0 Å². The van der Waals surface area contributed by atoms with Crippen molar-refractivity contribution in [2.24, 2.45) is 5.41 Å². The monoisotopic (exact) mass is 536 g/mol. The Labute approximate surface area is 210 Å². The van der Waals surface area contributed by atoms with Gasteiger partial charge in [0.1, 0.15) is 17.8 Å². The molecule has 2 fully saturated rings. The number of carbonyl (C=O) groups is 1. The SMILES string of the molecule is CC(=O)N1CC2(CC(N(C)c3ncnc4[nH]ccc34)C2)C1C1(Cl)N(Cl)C=CC(Cl)C1(Cl)Cl. The van der Waals surface area contributed by atoms with E-state index in [2.05, 4.69) is 19.9 Å². The van der Waals surface area contributed by atoms with E-state index in [1.54, 1.807) is 23.5 Å². The van der Waals surface area contributed by atoms with Gasteiger partial charge in [0.05, 0.1) is 16.8 Å². The Kier molecular flexibility index (Phi) is 5.27. The van der Waals surface area contributed by atoms with Gasteiger partial charge in [0, 0.05) is 56.1 Å². The van der Waals surface area contributed by atoms with Crippen LogP contribution in [0.5, 0.6) is 0 Å². The Hall–Kier alpha value is -1.12. The van der Waals surface area contributed by atoms with Crippen LogP contribution in [0.4, 0.5) is 5.82 Å². The van der Waals surface area contributed by atoms with Crippen LogP contribution >= 0.6 is 58.2 Å². The molecule has 1 amide bonds. The normalized spacial score (nSPS) is 35.7. The molecule has 172 valence electrons. The molecule has 0 radical (unpaired) electrons. The van der Waals surface area contributed by atoms with E-state index in [1.165, 1.54) is 11.3 Å². The Bertz CT molecular complexity index is 1100. The maximum atomic E-state index is 12.4. The fourth-order valence-electron chi connectivity index (χ4n) is 5.47. The van der Waals surface area contributed by atoms with E-state index in [0.29, 0.717) is 6.54 Å². The summed E-state index contributed by atoms with van der Waals surface area (Å²) in [6.07, 6.45) is 8.09. The number of anilines is 1. The third-order valence-corrected chi connectivity index (χ3v) is 10.2. The Balaban J connectivity index is 1.45. The minimum absolute atomic E-state index is 0.114. The number of nitrogens with zero attached hydrogens (tertiary/aromatic N) is 5. The number of carbonyl (C=O) groups excluding carboxylic acids is 1. The minimum atomic E-state index is -1.63. The molecule has 5 rings (SSSR count). The van der Waals surface area contributed by atoms with Gasteiger partial charge in [-0.1, -0.05) is 34.8 Å². The van der Waals surface area contributed by atoms with Crippen LogP contribution in [-0.2, 0) is 4.79 Å². The predicted molar refractivity (Wildman–Crippen MR) is 128 cm³/mol. The molecule has 0 aromatic carbocycles. The molecule has 0 bridgehead atoms. The molecule has 3 aliphatic rings. The number of aromatic amines is 1. The smallest absolute Gasteiger partial charge is 0.219 e. The number of hydrogen-bond acceptors (Lipinski definition) is 5. The van der Waals surface area contributed by atoms with E-state index in [0.717, 1.165) is 29.7 Å². The lowest BCUT2D eigenvalue weighted by molar-refractivity contribution is -0.182. The number of halogens is 5. The number of likely N-dealkylation sites (tertiary alicyclic amines) is 1. The Morgan fingerprint density at radius 3 is 2.69 bits per heavy atom. The number of H-pyrrole nitrogens is 1. The number of nitrogens with one attached hydrogen (secondary N) is 1. The first kappa shape index (κ1) is 22.7. The molecular formula is C20H21Cl5N6O. The maximum Gasteiger partial charge on any atom is 0.219 e. The Morgan fingerprint density at radius 2 is 2.00 bits per heavy atom. The van der Waals surface area contributed by atoms with Gasteiger partial charge in [-0.25, -0.2) is 9.97 Å². The van der Waals surface area contributed by atoms with Gasteiger partial charge in [-0.2, -0.15) is 0 Å². The van der Waals surface area contributed by atoms with Gasteiger partial charge in [-0.05, 0) is 25.0 Å². The van der Waals surface area contributed by atoms with E-state index in [1.807, 2.05) is 19.3 Å². The fraction of sp³-hybridized carbons (Fsp3) is 0.550. The van der Waals surface area contributed by atoms with Gasteiger partial charge in [0.15, 0.2) is 9.33 Å². The fourth-order valence-corrected chi connectivity index (χ4v) is 7.20. The zero-order chi connectivity index (χ0) is 23.1. The second-order valence-electron chi connectivity index (χ2n) is 8.87. The van der Waals surface area contributed by atoms with Gasteiger partial charge in [0.2, 0.25) is 5.91 Å². The molecule has 1 spiro atoms. The van der Waals surface area contributed by atoms with Crippen LogP contribution in [0.1, 0.15) is 19.8 Å². The first-order chi connectivity index (χ1) is 15.0. The van der Waals surface area contributed by atoms with Crippen LogP contribution in [0.2, 0.25) is 0 Å². The number of fused-ring (bicyclic) bond motifs is 1. The molecule has 1 aliphatic carbocycles.